The highest BCUT2D eigenvalue weighted by Crippen LogP contribution is 2.42. The number of nitro groups is 1. The normalized spacial score (nSPS) is 17.6. The number of benzene rings is 1. The first-order chi connectivity index (χ1) is 16.4. The summed E-state index contributed by atoms with van der Waals surface area (Å²) in [6, 6.07) is 12.2. The lowest BCUT2D eigenvalue weighted by Crippen LogP contribution is -2.31. The van der Waals surface area contributed by atoms with Crippen molar-refractivity contribution in [3.05, 3.63) is 81.4 Å². The molecular weight excluding hydrogens is 454 g/mol. The van der Waals surface area contributed by atoms with Crippen LogP contribution in [0.4, 0.5) is 5.69 Å². The number of ether oxygens (including phenoxy) is 1. The van der Waals surface area contributed by atoms with Gasteiger partial charge in [0.1, 0.15) is 5.75 Å². The van der Waals surface area contributed by atoms with Crippen LogP contribution in [0.15, 0.2) is 48.7 Å². The first-order valence-corrected chi connectivity index (χ1v) is 11.4. The first-order valence-electron chi connectivity index (χ1n) is 11.0. The fraction of sp³-hybridized carbons (Fsp3) is 0.333. The number of aryl methyl sites for hydroxylation is 1. The molecule has 2 aromatic heterocycles. The van der Waals surface area contributed by atoms with Gasteiger partial charge in [-0.15, -0.1) is 0 Å². The second-order valence-corrected chi connectivity index (χ2v) is 8.56. The molecule has 1 saturated heterocycles. The number of aliphatic hydroxyl groups excluding tert-OH is 1. The summed E-state index contributed by atoms with van der Waals surface area (Å²) in [5.74, 6) is 0.418. The Labute approximate surface area is 203 Å². The van der Waals surface area contributed by atoms with Crippen molar-refractivity contribution in [1.82, 2.24) is 19.8 Å². The lowest BCUT2D eigenvalue weighted by atomic mass is 9.96. The number of thiocarbonyl (C=S) groups is 1. The van der Waals surface area contributed by atoms with E-state index < -0.39 is 4.92 Å². The number of pyridine rings is 1. The van der Waals surface area contributed by atoms with Crippen molar-refractivity contribution < 1.29 is 14.8 Å². The molecule has 3 aromatic rings. The van der Waals surface area contributed by atoms with E-state index in [2.05, 4.69) is 21.3 Å². The Balaban J connectivity index is 1.84. The smallest absolute Gasteiger partial charge is 0.273 e. The van der Waals surface area contributed by atoms with Gasteiger partial charge in [-0.25, -0.2) is 0 Å². The number of non-ortho nitro benzene ring substituents is 1. The van der Waals surface area contributed by atoms with Crippen LogP contribution in [-0.4, -0.2) is 49.9 Å². The van der Waals surface area contributed by atoms with Crippen LogP contribution in [0.2, 0.25) is 0 Å². The Kier molecular flexibility index (Phi) is 6.80. The number of hydrogen-bond donors (Lipinski definition) is 2. The minimum absolute atomic E-state index is 0.0287. The van der Waals surface area contributed by atoms with Gasteiger partial charge in [-0.1, -0.05) is 6.07 Å². The number of nitrogens with one attached hydrogen (secondary N) is 1. The molecule has 0 bridgehead atoms. The minimum Gasteiger partial charge on any atom is -0.494 e. The van der Waals surface area contributed by atoms with E-state index in [1.807, 2.05) is 36.6 Å². The zero-order chi connectivity index (χ0) is 24.4. The number of hydrogen-bond acceptors (Lipinski definition) is 6. The van der Waals surface area contributed by atoms with Crippen molar-refractivity contribution in [1.29, 1.82) is 0 Å². The Hall–Kier alpha value is -3.50. The molecule has 178 valence electrons. The summed E-state index contributed by atoms with van der Waals surface area (Å²) in [7, 11) is 1.50. The van der Waals surface area contributed by atoms with Gasteiger partial charge in [-0.2, -0.15) is 0 Å². The van der Waals surface area contributed by atoms with Crippen LogP contribution in [-0.2, 0) is 0 Å². The molecule has 9 nitrogen and oxygen atoms in total. The Morgan fingerprint density at radius 1 is 1.26 bits per heavy atom. The van der Waals surface area contributed by atoms with E-state index in [1.165, 1.54) is 19.2 Å². The van der Waals surface area contributed by atoms with Gasteiger partial charge in [0.15, 0.2) is 5.11 Å². The molecule has 1 fully saturated rings. The van der Waals surface area contributed by atoms with E-state index in [1.54, 1.807) is 12.3 Å². The summed E-state index contributed by atoms with van der Waals surface area (Å²) in [5.41, 5.74) is 4.55. The van der Waals surface area contributed by atoms with Gasteiger partial charge in [0, 0.05) is 36.8 Å². The fourth-order valence-corrected chi connectivity index (χ4v) is 4.98. The van der Waals surface area contributed by atoms with E-state index in [0.29, 0.717) is 23.8 Å². The number of aromatic nitrogens is 2. The highest BCUT2D eigenvalue weighted by Gasteiger charge is 2.41. The van der Waals surface area contributed by atoms with Crippen LogP contribution in [0.25, 0.3) is 5.69 Å². The van der Waals surface area contributed by atoms with Gasteiger partial charge in [-0.05, 0) is 62.3 Å². The number of aliphatic hydroxyl groups is 1. The van der Waals surface area contributed by atoms with Crippen LogP contribution < -0.4 is 10.1 Å². The lowest BCUT2D eigenvalue weighted by molar-refractivity contribution is -0.384. The maximum atomic E-state index is 11.2. The van der Waals surface area contributed by atoms with Gasteiger partial charge in [-0.3, -0.25) is 15.1 Å². The van der Waals surface area contributed by atoms with Crippen LogP contribution in [0.3, 0.4) is 0 Å². The molecule has 34 heavy (non-hydrogen) atoms. The second kappa shape index (κ2) is 9.78. The van der Waals surface area contributed by atoms with Gasteiger partial charge in [0.2, 0.25) is 0 Å². The third kappa shape index (κ3) is 4.22. The van der Waals surface area contributed by atoms with Gasteiger partial charge in [0.05, 0.1) is 41.6 Å². The minimum atomic E-state index is -0.436. The summed E-state index contributed by atoms with van der Waals surface area (Å²) in [6.07, 6.45) is 2.35. The zero-order valence-electron chi connectivity index (χ0n) is 19.3. The SMILES string of the molecule is COc1cc([N+](=O)[O-])ccc1-n1c(C)cc([C@@H]2[C@H](c3ccccn3)NC(=S)N2CCCO)c1C. The predicted molar refractivity (Wildman–Crippen MR) is 132 cm³/mol. The van der Waals surface area contributed by atoms with Crippen LogP contribution in [0.5, 0.6) is 5.75 Å². The highest BCUT2D eigenvalue weighted by atomic mass is 32.1. The summed E-state index contributed by atoms with van der Waals surface area (Å²) in [5, 5.41) is 24.7. The average Bonchev–Trinajstić information content (AvgIpc) is 3.32. The van der Waals surface area contributed by atoms with Gasteiger partial charge >= 0.3 is 0 Å². The van der Waals surface area contributed by atoms with Gasteiger partial charge < -0.3 is 24.6 Å². The molecule has 0 spiro atoms. The van der Waals surface area contributed by atoms with Crippen molar-refractivity contribution in [2.24, 2.45) is 0 Å². The standard InChI is InChI=1S/C24H27N5O4S/c1-15-13-18(16(2)28(15)20-9-8-17(29(31)32)14-21(20)33-3)23-22(19-7-4-5-10-25-19)26-24(34)27(23)11-6-12-30/h4-5,7-10,13-14,22-23,30H,6,11-12H2,1-3H3,(H,26,34)/t22-,23+/m0/s1. The molecule has 1 aromatic carbocycles. The molecule has 0 unspecified atom stereocenters. The molecule has 2 atom stereocenters. The molecule has 1 aliphatic heterocycles. The van der Waals surface area contributed by atoms with Crippen LogP contribution in [0.1, 0.15) is 41.1 Å². The third-order valence-electron chi connectivity index (χ3n) is 6.16. The maximum absolute atomic E-state index is 11.2. The Morgan fingerprint density at radius 3 is 2.71 bits per heavy atom. The van der Waals surface area contributed by atoms with Crippen molar-refractivity contribution in [2.75, 3.05) is 20.3 Å². The van der Waals surface area contributed by atoms with E-state index >= 15 is 0 Å². The molecule has 0 aliphatic carbocycles. The topological polar surface area (TPSA) is 106 Å². The third-order valence-corrected chi connectivity index (χ3v) is 6.51. The molecular formula is C24H27N5O4S. The van der Waals surface area contributed by atoms with E-state index in [0.717, 1.165) is 28.3 Å². The molecule has 0 amide bonds. The van der Waals surface area contributed by atoms with Crippen molar-refractivity contribution in [3.8, 4) is 11.4 Å². The molecule has 1 aliphatic rings. The van der Waals surface area contributed by atoms with Crippen molar-refractivity contribution >= 4 is 23.0 Å². The average molecular weight is 482 g/mol. The summed E-state index contributed by atoms with van der Waals surface area (Å²) in [6.45, 7) is 4.68. The van der Waals surface area contributed by atoms with E-state index in [4.69, 9.17) is 17.0 Å². The number of nitrogens with zero attached hydrogens (tertiary/aromatic N) is 4. The number of nitro benzene ring substituents is 1. The molecule has 0 radical (unpaired) electrons. The summed E-state index contributed by atoms with van der Waals surface area (Å²) in [4.78, 5) is 17.5. The highest BCUT2D eigenvalue weighted by molar-refractivity contribution is 7.80. The van der Waals surface area contributed by atoms with Gasteiger partial charge in [0.25, 0.3) is 5.69 Å². The number of rotatable bonds is 8. The molecule has 0 saturated carbocycles. The Morgan fingerprint density at radius 2 is 2.06 bits per heavy atom. The summed E-state index contributed by atoms with van der Waals surface area (Å²) >= 11 is 5.68. The maximum Gasteiger partial charge on any atom is 0.273 e. The number of methoxy groups -OCH3 is 1. The Bertz CT molecular complexity index is 1210. The van der Waals surface area contributed by atoms with Crippen LogP contribution >= 0.6 is 12.2 Å². The fourth-order valence-electron chi connectivity index (χ4n) is 4.65. The monoisotopic (exact) mass is 481 g/mol. The van der Waals surface area contributed by atoms with Crippen molar-refractivity contribution in [2.45, 2.75) is 32.4 Å². The molecule has 10 heteroatoms. The first kappa shape index (κ1) is 23.7. The quantitative estimate of drug-likeness (QED) is 0.285. The molecule has 3 heterocycles. The van der Waals surface area contributed by atoms with E-state index in [-0.39, 0.29) is 24.4 Å². The molecule has 4 rings (SSSR count). The summed E-state index contributed by atoms with van der Waals surface area (Å²) < 4.78 is 7.55. The van der Waals surface area contributed by atoms with E-state index in [9.17, 15) is 15.2 Å². The largest absolute Gasteiger partial charge is 0.494 e. The zero-order valence-corrected chi connectivity index (χ0v) is 20.1. The van der Waals surface area contributed by atoms with Crippen molar-refractivity contribution in [3.63, 3.8) is 0 Å². The lowest BCUT2D eigenvalue weighted by Gasteiger charge is -2.28. The molecule has 2 N–H and O–H groups in total. The predicted octanol–water partition coefficient (Wildman–Crippen LogP) is 3.76. The second-order valence-electron chi connectivity index (χ2n) is 8.17. The van der Waals surface area contributed by atoms with Crippen LogP contribution in [0, 0.1) is 24.0 Å².